The normalized spacial score (nSPS) is 10.3. The summed E-state index contributed by atoms with van der Waals surface area (Å²) in [5.74, 6) is -0.741. The summed E-state index contributed by atoms with van der Waals surface area (Å²) in [6, 6.07) is 6.92. The number of carboxylic acids is 1. The minimum absolute atomic E-state index is 0.0939. The Labute approximate surface area is 138 Å². The molecule has 0 aliphatic heterocycles. The average Bonchev–Trinajstić information content (AvgIpc) is 2.95. The summed E-state index contributed by atoms with van der Waals surface area (Å²) >= 11 is 1.54. The maximum absolute atomic E-state index is 12.4. The third-order valence-electron chi connectivity index (χ3n) is 3.17. The summed E-state index contributed by atoms with van der Waals surface area (Å²) in [6.07, 6.45) is -0.0939. The van der Waals surface area contributed by atoms with Gasteiger partial charge in [-0.05, 0) is 19.1 Å². The van der Waals surface area contributed by atoms with E-state index in [1.54, 1.807) is 42.6 Å². The van der Waals surface area contributed by atoms with Gasteiger partial charge >= 0.3 is 5.97 Å². The Morgan fingerprint density at radius 2 is 2.09 bits per heavy atom. The summed E-state index contributed by atoms with van der Waals surface area (Å²) in [4.78, 5) is 28.8. The zero-order chi connectivity index (χ0) is 16.8. The van der Waals surface area contributed by atoms with Crippen molar-refractivity contribution in [2.75, 3.05) is 13.6 Å². The Morgan fingerprint density at radius 1 is 1.35 bits per heavy atom. The van der Waals surface area contributed by atoms with E-state index in [-0.39, 0.29) is 25.5 Å². The van der Waals surface area contributed by atoms with Crippen molar-refractivity contribution in [3.63, 3.8) is 0 Å². The van der Waals surface area contributed by atoms with Gasteiger partial charge < -0.3 is 14.7 Å². The first-order valence-corrected chi connectivity index (χ1v) is 7.95. The van der Waals surface area contributed by atoms with Crippen molar-refractivity contribution in [1.82, 2.24) is 9.88 Å². The number of thiazole rings is 1. The van der Waals surface area contributed by atoms with Crippen molar-refractivity contribution in [3.05, 3.63) is 45.9 Å². The highest BCUT2D eigenvalue weighted by Gasteiger charge is 2.17. The molecule has 2 rings (SSSR count). The van der Waals surface area contributed by atoms with E-state index in [9.17, 15) is 9.59 Å². The summed E-state index contributed by atoms with van der Waals surface area (Å²) in [6.45, 7) is 2.35. The van der Waals surface area contributed by atoms with E-state index >= 15 is 0 Å². The molecule has 23 heavy (non-hydrogen) atoms. The number of aromatic nitrogens is 1. The molecule has 6 nitrogen and oxygen atoms in total. The van der Waals surface area contributed by atoms with Gasteiger partial charge in [0.1, 0.15) is 12.4 Å². The van der Waals surface area contributed by atoms with Crippen LogP contribution >= 0.6 is 11.3 Å². The molecule has 1 aromatic heterocycles. The zero-order valence-electron chi connectivity index (χ0n) is 13.0. The maximum Gasteiger partial charge on any atom is 0.305 e. The second kappa shape index (κ2) is 7.73. The molecule has 0 bridgehead atoms. The van der Waals surface area contributed by atoms with Crippen molar-refractivity contribution in [3.8, 4) is 5.75 Å². The molecule has 1 amide bonds. The molecule has 0 saturated carbocycles. The lowest BCUT2D eigenvalue weighted by Crippen LogP contribution is -2.29. The quantitative estimate of drug-likeness (QED) is 0.842. The molecule has 7 heteroatoms. The van der Waals surface area contributed by atoms with Gasteiger partial charge in [-0.3, -0.25) is 9.59 Å². The highest BCUT2D eigenvalue weighted by molar-refractivity contribution is 7.09. The molecule has 0 atom stereocenters. The van der Waals surface area contributed by atoms with Crippen molar-refractivity contribution >= 4 is 23.2 Å². The lowest BCUT2D eigenvalue weighted by Gasteiger charge is -2.18. The van der Waals surface area contributed by atoms with Crippen molar-refractivity contribution < 1.29 is 19.4 Å². The van der Waals surface area contributed by atoms with Crippen LogP contribution in [0.2, 0.25) is 0 Å². The number of rotatable bonds is 7. The summed E-state index contributed by atoms with van der Waals surface area (Å²) in [5, 5.41) is 11.6. The highest BCUT2D eigenvalue weighted by atomic mass is 32.1. The van der Waals surface area contributed by atoms with Gasteiger partial charge in [-0.15, -0.1) is 11.3 Å². The fourth-order valence-electron chi connectivity index (χ4n) is 1.97. The molecular formula is C16H18N2O4S. The minimum Gasteiger partial charge on any atom is -0.486 e. The number of ether oxygens (including phenoxy) is 1. The van der Waals surface area contributed by atoms with E-state index in [1.165, 1.54) is 4.90 Å². The van der Waals surface area contributed by atoms with Gasteiger partial charge in [0.2, 0.25) is 0 Å². The van der Waals surface area contributed by atoms with E-state index in [4.69, 9.17) is 9.84 Å². The van der Waals surface area contributed by atoms with Gasteiger partial charge in [-0.25, -0.2) is 4.98 Å². The van der Waals surface area contributed by atoms with Crippen LogP contribution in [0.4, 0.5) is 0 Å². The number of aliphatic carboxylic acids is 1. The van der Waals surface area contributed by atoms with Gasteiger partial charge in [0.15, 0.2) is 0 Å². The van der Waals surface area contributed by atoms with Crippen molar-refractivity contribution in [2.45, 2.75) is 20.0 Å². The lowest BCUT2D eigenvalue weighted by molar-refractivity contribution is -0.137. The molecule has 1 heterocycles. The molecule has 0 aliphatic carbocycles. The van der Waals surface area contributed by atoms with Crippen molar-refractivity contribution in [1.29, 1.82) is 0 Å². The van der Waals surface area contributed by atoms with Crippen LogP contribution in [0.5, 0.6) is 5.75 Å². The Hall–Kier alpha value is -2.41. The van der Waals surface area contributed by atoms with Gasteiger partial charge in [0.25, 0.3) is 5.91 Å². The second-order valence-corrected chi connectivity index (χ2v) is 6.08. The SMILES string of the molecule is Cc1nc(COc2ccccc2C(=O)N(C)CCC(=O)O)cs1. The van der Waals surface area contributed by atoms with E-state index in [0.29, 0.717) is 11.3 Å². The number of nitrogens with zero attached hydrogens (tertiary/aromatic N) is 2. The molecule has 0 fully saturated rings. The monoisotopic (exact) mass is 334 g/mol. The maximum atomic E-state index is 12.4. The first-order chi connectivity index (χ1) is 11.0. The first-order valence-electron chi connectivity index (χ1n) is 7.07. The largest absolute Gasteiger partial charge is 0.486 e. The fourth-order valence-corrected chi connectivity index (χ4v) is 2.56. The number of hydrogen-bond acceptors (Lipinski definition) is 5. The standard InChI is InChI=1S/C16H18N2O4S/c1-11-17-12(10-23-11)9-22-14-6-4-3-5-13(14)16(21)18(2)8-7-15(19)20/h3-6,10H,7-9H2,1-2H3,(H,19,20). The van der Waals surface area contributed by atoms with E-state index < -0.39 is 5.97 Å². The average molecular weight is 334 g/mol. The Kier molecular flexibility index (Phi) is 5.70. The summed E-state index contributed by atoms with van der Waals surface area (Å²) < 4.78 is 5.71. The van der Waals surface area contributed by atoms with Crippen molar-refractivity contribution in [2.24, 2.45) is 0 Å². The van der Waals surface area contributed by atoms with Crippen LogP contribution in [-0.4, -0.2) is 40.5 Å². The van der Waals surface area contributed by atoms with E-state index in [0.717, 1.165) is 10.7 Å². The Bertz CT molecular complexity index is 699. The van der Waals surface area contributed by atoms with Crippen LogP contribution < -0.4 is 4.74 Å². The van der Waals surface area contributed by atoms with Gasteiger partial charge in [-0.2, -0.15) is 0 Å². The van der Waals surface area contributed by atoms with E-state index in [2.05, 4.69) is 4.98 Å². The number of para-hydroxylation sites is 1. The molecular weight excluding hydrogens is 316 g/mol. The zero-order valence-corrected chi connectivity index (χ0v) is 13.8. The van der Waals surface area contributed by atoms with Crippen LogP contribution in [-0.2, 0) is 11.4 Å². The summed E-state index contributed by atoms with van der Waals surface area (Å²) in [7, 11) is 1.58. The predicted molar refractivity (Wildman–Crippen MR) is 86.8 cm³/mol. The third-order valence-corrected chi connectivity index (χ3v) is 3.99. The number of benzene rings is 1. The number of hydrogen-bond donors (Lipinski definition) is 1. The molecule has 1 N–H and O–H groups in total. The molecule has 0 unspecified atom stereocenters. The van der Waals surface area contributed by atoms with Crippen LogP contribution in [0.3, 0.4) is 0 Å². The molecule has 122 valence electrons. The van der Waals surface area contributed by atoms with E-state index in [1.807, 2.05) is 12.3 Å². The fraction of sp³-hybridized carbons (Fsp3) is 0.312. The number of carbonyl (C=O) groups is 2. The smallest absolute Gasteiger partial charge is 0.305 e. The second-order valence-electron chi connectivity index (χ2n) is 5.01. The lowest BCUT2D eigenvalue weighted by atomic mass is 10.1. The molecule has 0 aliphatic rings. The van der Waals surface area contributed by atoms with Gasteiger partial charge in [0, 0.05) is 19.0 Å². The summed E-state index contributed by atoms with van der Waals surface area (Å²) in [5.41, 5.74) is 1.22. The topological polar surface area (TPSA) is 79.7 Å². The molecule has 2 aromatic rings. The molecule has 0 spiro atoms. The van der Waals surface area contributed by atoms with Crippen LogP contribution in [0.25, 0.3) is 0 Å². The Balaban J connectivity index is 2.06. The van der Waals surface area contributed by atoms with Crippen LogP contribution in [0, 0.1) is 6.92 Å². The first kappa shape index (κ1) is 17.0. The minimum atomic E-state index is -0.937. The third kappa shape index (κ3) is 4.79. The molecule has 0 radical (unpaired) electrons. The van der Waals surface area contributed by atoms with Gasteiger partial charge in [0.05, 0.1) is 22.7 Å². The number of carboxylic acid groups (broad SMARTS) is 1. The molecule has 1 aromatic carbocycles. The number of amides is 1. The predicted octanol–water partition coefficient (Wildman–Crippen LogP) is 2.58. The number of carbonyl (C=O) groups excluding carboxylic acids is 1. The molecule has 0 saturated heterocycles. The van der Waals surface area contributed by atoms with Crippen LogP contribution in [0.1, 0.15) is 27.5 Å². The van der Waals surface area contributed by atoms with Gasteiger partial charge in [-0.1, -0.05) is 12.1 Å². The van der Waals surface area contributed by atoms with Crippen LogP contribution in [0.15, 0.2) is 29.6 Å². The highest BCUT2D eigenvalue weighted by Crippen LogP contribution is 2.21. The Morgan fingerprint density at radius 3 is 2.74 bits per heavy atom. The number of aryl methyl sites for hydroxylation is 1.